The predicted molar refractivity (Wildman–Crippen MR) is 109 cm³/mol. The van der Waals surface area contributed by atoms with E-state index in [4.69, 9.17) is 9.47 Å². The van der Waals surface area contributed by atoms with Crippen LogP contribution in [0.3, 0.4) is 0 Å². The van der Waals surface area contributed by atoms with Crippen molar-refractivity contribution in [1.82, 2.24) is 14.8 Å². The monoisotopic (exact) mass is 392 g/mol. The highest BCUT2D eigenvalue weighted by Gasteiger charge is 2.40. The number of fused-ring (bicyclic) bond motifs is 1. The van der Waals surface area contributed by atoms with E-state index in [1.807, 2.05) is 26.0 Å². The van der Waals surface area contributed by atoms with E-state index < -0.39 is 5.60 Å². The zero-order valence-electron chi connectivity index (χ0n) is 17.1. The maximum Gasteiger partial charge on any atom is 0.188 e. The third-order valence-electron chi connectivity index (χ3n) is 5.54. The van der Waals surface area contributed by atoms with E-state index in [2.05, 4.69) is 34.0 Å². The van der Waals surface area contributed by atoms with E-state index >= 15 is 0 Å². The van der Waals surface area contributed by atoms with Crippen LogP contribution in [-0.4, -0.2) is 39.4 Å². The smallest absolute Gasteiger partial charge is 0.188 e. The second-order valence-corrected chi connectivity index (χ2v) is 8.07. The fraction of sp³-hybridized carbons (Fsp3) is 0.409. The number of aromatic nitrogens is 3. The molecule has 0 saturated heterocycles. The first-order chi connectivity index (χ1) is 13.8. The minimum absolute atomic E-state index is 0.0774. The van der Waals surface area contributed by atoms with Crippen molar-refractivity contribution in [2.24, 2.45) is 0 Å². The van der Waals surface area contributed by atoms with Gasteiger partial charge in [-0.2, -0.15) is 5.26 Å². The summed E-state index contributed by atoms with van der Waals surface area (Å²) in [6.45, 7) is 5.92. The summed E-state index contributed by atoms with van der Waals surface area (Å²) in [6, 6.07) is 7.92. The third kappa shape index (κ3) is 3.46. The average Bonchev–Trinajstić information content (AvgIpc) is 2.99. The Hall–Kier alpha value is -2.95. The Balaban J connectivity index is 1.80. The lowest BCUT2D eigenvalue weighted by molar-refractivity contribution is -0.0498. The SMILES string of the molecule is COCOc1cc(C#N)cc(C)c1-c1cc2c(C)cn(C3CC(C)(O)C3)c2nn1. The van der Waals surface area contributed by atoms with E-state index in [0.29, 0.717) is 29.8 Å². The molecule has 1 aliphatic rings. The minimum Gasteiger partial charge on any atom is -0.467 e. The van der Waals surface area contributed by atoms with Gasteiger partial charge in [0, 0.05) is 30.3 Å². The molecule has 7 nitrogen and oxygen atoms in total. The summed E-state index contributed by atoms with van der Waals surface area (Å²) in [5.74, 6) is 0.546. The van der Waals surface area contributed by atoms with Crippen LogP contribution in [0, 0.1) is 25.2 Å². The molecule has 1 fully saturated rings. The molecule has 3 aromatic rings. The molecule has 0 spiro atoms. The van der Waals surface area contributed by atoms with Crippen LogP contribution >= 0.6 is 0 Å². The van der Waals surface area contributed by atoms with Gasteiger partial charge in [0.05, 0.1) is 22.9 Å². The molecule has 1 aromatic carbocycles. The van der Waals surface area contributed by atoms with Gasteiger partial charge in [0.15, 0.2) is 12.4 Å². The largest absolute Gasteiger partial charge is 0.467 e. The molecule has 1 saturated carbocycles. The van der Waals surface area contributed by atoms with Crippen LogP contribution in [0.4, 0.5) is 0 Å². The van der Waals surface area contributed by atoms with Crippen molar-refractivity contribution in [3.63, 3.8) is 0 Å². The number of hydrogen-bond acceptors (Lipinski definition) is 6. The number of rotatable bonds is 5. The van der Waals surface area contributed by atoms with E-state index in [9.17, 15) is 10.4 Å². The second kappa shape index (κ2) is 7.14. The molecule has 0 unspecified atom stereocenters. The first kappa shape index (κ1) is 19.4. The Morgan fingerprint density at radius 2 is 2.00 bits per heavy atom. The molecule has 2 heterocycles. The molecule has 0 amide bonds. The molecule has 0 aliphatic heterocycles. The second-order valence-electron chi connectivity index (χ2n) is 8.07. The Morgan fingerprint density at radius 3 is 2.66 bits per heavy atom. The number of nitriles is 1. The normalized spacial score (nSPS) is 21.0. The van der Waals surface area contributed by atoms with E-state index in [-0.39, 0.29) is 12.8 Å². The van der Waals surface area contributed by atoms with Gasteiger partial charge in [0.1, 0.15) is 5.75 Å². The maximum absolute atomic E-state index is 10.1. The molecule has 150 valence electrons. The molecule has 7 heteroatoms. The molecule has 1 aliphatic carbocycles. The lowest BCUT2D eigenvalue weighted by Crippen LogP contribution is -2.41. The van der Waals surface area contributed by atoms with Crippen LogP contribution in [-0.2, 0) is 4.74 Å². The number of hydrogen-bond donors (Lipinski definition) is 1. The van der Waals surface area contributed by atoms with Crippen molar-refractivity contribution in [2.45, 2.75) is 45.3 Å². The number of aliphatic hydroxyl groups is 1. The number of nitrogens with zero attached hydrogens (tertiary/aromatic N) is 4. The van der Waals surface area contributed by atoms with Crippen molar-refractivity contribution in [2.75, 3.05) is 13.9 Å². The van der Waals surface area contributed by atoms with Crippen LogP contribution in [0.15, 0.2) is 24.4 Å². The quantitative estimate of drug-likeness (QED) is 0.666. The van der Waals surface area contributed by atoms with Crippen LogP contribution < -0.4 is 4.74 Å². The fourth-order valence-electron chi connectivity index (χ4n) is 4.14. The fourth-order valence-corrected chi connectivity index (χ4v) is 4.14. The van der Waals surface area contributed by atoms with Gasteiger partial charge in [-0.05, 0) is 62.9 Å². The lowest BCUT2D eigenvalue weighted by Gasteiger charge is -2.41. The predicted octanol–water partition coefficient (Wildman–Crippen LogP) is 3.66. The molecule has 2 aromatic heterocycles. The highest BCUT2D eigenvalue weighted by atomic mass is 16.7. The molecule has 0 radical (unpaired) electrons. The highest BCUT2D eigenvalue weighted by molar-refractivity contribution is 5.85. The van der Waals surface area contributed by atoms with Crippen molar-refractivity contribution in [3.8, 4) is 23.1 Å². The molecule has 4 rings (SSSR count). The zero-order chi connectivity index (χ0) is 20.8. The summed E-state index contributed by atoms with van der Waals surface area (Å²) in [6.07, 6.45) is 3.50. The van der Waals surface area contributed by atoms with Gasteiger partial charge < -0.3 is 19.1 Å². The average molecular weight is 392 g/mol. The van der Waals surface area contributed by atoms with E-state index in [1.54, 1.807) is 13.2 Å². The molecular formula is C22H24N4O3. The summed E-state index contributed by atoms with van der Waals surface area (Å²) >= 11 is 0. The standard InChI is InChI=1S/C22H24N4O3/c1-13-5-15(10-23)6-19(29-12-28-4)20(13)18-7-17-14(2)11-26(21(17)25-24-18)16-8-22(3,27)9-16/h5-7,11,16,27H,8-9,12H2,1-4H3. The molecular weight excluding hydrogens is 368 g/mol. The first-order valence-electron chi connectivity index (χ1n) is 9.57. The van der Waals surface area contributed by atoms with Crippen LogP contribution in [0.25, 0.3) is 22.3 Å². The summed E-state index contributed by atoms with van der Waals surface area (Å²) < 4.78 is 12.9. The van der Waals surface area contributed by atoms with Crippen molar-refractivity contribution in [1.29, 1.82) is 5.26 Å². The molecule has 29 heavy (non-hydrogen) atoms. The Morgan fingerprint density at radius 1 is 1.24 bits per heavy atom. The summed E-state index contributed by atoms with van der Waals surface area (Å²) in [5.41, 5.74) is 4.21. The lowest BCUT2D eigenvalue weighted by atomic mass is 9.77. The van der Waals surface area contributed by atoms with Gasteiger partial charge in [-0.15, -0.1) is 10.2 Å². The molecule has 0 atom stereocenters. The zero-order valence-corrected chi connectivity index (χ0v) is 17.1. The number of methoxy groups -OCH3 is 1. The first-order valence-corrected chi connectivity index (χ1v) is 9.57. The third-order valence-corrected chi connectivity index (χ3v) is 5.54. The van der Waals surface area contributed by atoms with E-state index in [1.165, 1.54) is 0 Å². The highest BCUT2D eigenvalue weighted by Crippen LogP contribution is 2.43. The van der Waals surface area contributed by atoms with E-state index in [0.717, 1.165) is 27.7 Å². The Kier molecular flexibility index (Phi) is 4.77. The molecule has 1 N–H and O–H groups in total. The van der Waals surface area contributed by atoms with Crippen molar-refractivity contribution < 1.29 is 14.6 Å². The number of aryl methyl sites for hydroxylation is 2. The Labute approximate surface area is 169 Å². The van der Waals surface area contributed by atoms with Gasteiger partial charge in [-0.1, -0.05) is 0 Å². The van der Waals surface area contributed by atoms with Crippen LogP contribution in [0.5, 0.6) is 5.75 Å². The van der Waals surface area contributed by atoms with Gasteiger partial charge in [-0.3, -0.25) is 0 Å². The maximum atomic E-state index is 10.1. The summed E-state index contributed by atoms with van der Waals surface area (Å²) in [5, 5.41) is 29.4. The summed E-state index contributed by atoms with van der Waals surface area (Å²) in [7, 11) is 1.55. The topological polar surface area (TPSA) is 93.2 Å². The summed E-state index contributed by atoms with van der Waals surface area (Å²) in [4.78, 5) is 0. The number of ether oxygens (including phenoxy) is 2. The minimum atomic E-state index is -0.601. The van der Waals surface area contributed by atoms with Gasteiger partial charge in [0.25, 0.3) is 0 Å². The van der Waals surface area contributed by atoms with Gasteiger partial charge in [-0.25, -0.2) is 0 Å². The van der Waals surface area contributed by atoms with Crippen molar-refractivity contribution in [3.05, 3.63) is 41.1 Å². The van der Waals surface area contributed by atoms with Crippen LogP contribution in [0.1, 0.15) is 42.5 Å². The molecule has 0 bridgehead atoms. The Bertz CT molecular complexity index is 1120. The van der Waals surface area contributed by atoms with Crippen molar-refractivity contribution >= 4 is 11.0 Å². The van der Waals surface area contributed by atoms with Gasteiger partial charge >= 0.3 is 0 Å². The van der Waals surface area contributed by atoms with Crippen LogP contribution in [0.2, 0.25) is 0 Å². The number of benzene rings is 1. The van der Waals surface area contributed by atoms with Gasteiger partial charge in [0.2, 0.25) is 0 Å².